The Labute approximate surface area is 123 Å². The molecule has 5 nitrogen and oxygen atoms in total. The summed E-state index contributed by atoms with van der Waals surface area (Å²) in [5.41, 5.74) is -0.276. The van der Waals surface area contributed by atoms with Crippen molar-refractivity contribution in [2.75, 3.05) is 11.9 Å². The Morgan fingerprint density at radius 3 is 2.38 bits per heavy atom. The van der Waals surface area contributed by atoms with Gasteiger partial charge in [-0.3, -0.25) is 14.9 Å². The first kappa shape index (κ1) is 17.1. The number of aliphatic carboxylic acids is 1. The molecule has 0 aliphatic rings. The summed E-state index contributed by atoms with van der Waals surface area (Å²) in [6, 6.07) is 4.40. The molecule has 0 spiro atoms. The van der Waals surface area contributed by atoms with E-state index in [1.165, 1.54) is 6.07 Å². The lowest BCUT2D eigenvalue weighted by atomic mass is 9.93. The van der Waals surface area contributed by atoms with E-state index in [1.54, 1.807) is 32.9 Å². The molecular weight excluding hydrogens is 275 g/mol. The number of hydrogen-bond donors (Lipinski definition) is 3. The number of hydrogen-bond acceptors (Lipinski definition) is 3. The number of aryl methyl sites for hydroxylation is 1. The fourth-order valence-electron chi connectivity index (χ4n) is 2.00. The van der Waals surface area contributed by atoms with E-state index in [0.29, 0.717) is 24.1 Å². The first-order valence-electron chi connectivity index (χ1n) is 6.89. The molecule has 1 aromatic carbocycles. The van der Waals surface area contributed by atoms with E-state index in [1.807, 2.05) is 0 Å². The molecule has 116 valence electrons. The molecule has 0 saturated heterocycles. The minimum atomic E-state index is -1.12. The van der Waals surface area contributed by atoms with Crippen LogP contribution in [-0.2, 0) is 9.59 Å². The van der Waals surface area contributed by atoms with Gasteiger partial charge in [0.1, 0.15) is 11.4 Å². The van der Waals surface area contributed by atoms with Crippen LogP contribution in [0.3, 0.4) is 0 Å². The van der Waals surface area contributed by atoms with Gasteiger partial charge in [-0.2, -0.15) is 0 Å². The Morgan fingerprint density at radius 2 is 1.90 bits per heavy atom. The van der Waals surface area contributed by atoms with E-state index in [9.17, 15) is 19.1 Å². The monoisotopic (exact) mass is 296 g/mol. The molecular formula is C15H21FN2O3. The Morgan fingerprint density at radius 1 is 1.29 bits per heavy atom. The van der Waals surface area contributed by atoms with Gasteiger partial charge in [-0.15, -0.1) is 0 Å². The zero-order chi connectivity index (χ0) is 16.0. The van der Waals surface area contributed by atoms with Crippen molar-refractivity contribution >= 4 is 17.6 Å². The molecule has 0 aromatic heterocycles. The molecule has 0 radical (unpaired) electrons. The second kappa shape index (κ2) is 7.17. The topological polar surface area (TPSA) is 78.4 Å². The van der Waals surface area contributed by atoms with Crippen LogP contribution in [-0.4, -0.2) is 29.1 Å². The summed E-state index contributed by atoms with van der Waals surface area (Å²) in [5, 5.41) is 14.6. The third-order valence-electron chi connectivity index (χ3n) is 3.66. The second-order valence-corrected chi connectivity index (χ2v) is 4.96. The van der Waals surface area contributed by atoms with Crippen LogP contribution in [0, 0.1) is 12.7 Å². The molecule has 6 heteroatoms. The summed E-state index contributed by atoms with van der Waals surface area (Å²) in [5.74, 6) is -1.80. The lowest BCUT2D eigenvalue weighted by Crippen LogP contribution is -2.53. The third kappa shape index (κ3) is 4.26. The van der Waals surface area contributed by atoms with Gasteiger partial charge < -0.3 is 10.4 Å². The molecule has 1 rings (SSSR count). The number of anilines is 1. The largest absolute Gasteiger partial charge is 0.480 e. The van der Waals surface area contributed by atoms with Crippen molar-refractivity contribution in [2.24, 2.45) is 0 Å². The molecule has 1 aromatic rings. The van der Waals surface area contributed by atoms with Crippen LogP contribution in [0.1, 0.15) is 32.3 Å². The standard InChI is InChI=1S/C15H21FN2O3/c1-4-15(5-2,14(20)21)17-9-13(19)18-11-7-6-10(3)12(16)8-11/h6-8,17H,4-5,9H2,1-3H3,(H,18,19)(H,20,21). The van der Waals surface area contributed by atoms with Gasteiger partial charge >= 0.3 is 5.97 Å². The molecule has 1 amide bonds. The molecule has 21 heavy (non-hydrogen) atoms. The van der Waals surface area contributed by atoms with Crippen LogP contribution >= 0.6 is 0 Å². The fourth-order valence-corrected chi connectivity index (χ4v) is 2.00. The number of carbonyl (C=O) groups is 2. The minimum Gasteiger partial charge on any atom is -0.480 e. The molecule has 0 heterocycles. The Hall–Kier alpha value is -1.95. The number of nitrogens with one attached hydrogen (secondary N) is 2. The first-order chi connectivity index (χ1) is 9.84. The number of amides is 1. The Kier molecular flexibility index (Phi) is 5.84. The van der Waals surface area contributed by atoms with Crippen molar-refractivity contribution in [3.63, 3.8) is 0 Å². The van der Waals surface area contributed by atoms with E-state index in [4.69, 9.17) is 0 Å². The average molecular weight is 296 g/mol. The van der Waals surface area contributed by atoms with Gasteiger partial charge in [-0.25, -0.2) is 4.39 Å². The van der Waals surface area contributed by atoms with E-state index >= 15 is 0 Å². The lowest BCUT2D eigenvalue weighted by Gasteiger charge is -2.27. The van der Waals surface area contributed by atoms with E-state index < -0.39 is 23.2 Å². The molecule has 3 N–H and O–H groups in total. The van der Waals surface area contributed by atoms with Crippen molar-refractivity contribution < 1.29 is 19.1 Å². The highest BCUT2D eigenvalue weighted by Crippen LogP contribution is 2.16. The number of carboxylic acid groups (broad SMARTS) is 1. The van der Waals surface area contributed by atoms with E-state index in [2.05, 4.69) is 10.6 Å². The maximum atomic E-state index is 13.4. The zero-order valence-electron chi connectivity index (χ0n) is 12.5. The SMILES string of the molecule is CCC(CC)(NCC(=O)Nc1ccc(C)c(F)c1)C(=O)O. The average Bonchev–Trinajstić information content (AvgIpc) is 2.44. The van der Waals surface area contributed by atoms with Crippen LogP contribution in [0.4, 0.5) is 10.1 Å². The van der Waals surface area contributed by atoms with Crippen molar-refractivity contribution in [1.29, 1.82) is 0 Å². The van der Waals surface area contributed by atoms with Crippen LogP contribution in [0.5, 0.6) is 0 Å². The summed E-state index contributed by atoms with van der Waals surface area (Å²) in [6.07, 6.45) is 0.733. The molecule has 0 atom stereocenters. The minimum absolute atomic E-state index is 0.149. The van der Waals surface area contributed by atoms with Crippen LogP contribution in [0.25, 0.3) is 0 Å². The maximum Gasteiger partial charge on any atom is 0.323 e. The van der Waals surface area contributed by atoms with Gasteiger partial charge in [-0.1, -0.05) is 19.9 Å². The Balaban J connectivity index is 2.65. The van der Waals surface area contributed by atoms with Gasteiger partial charge in [-0.05, 0) is 37.5 Å². The summed E-state index contributed by atoms with van der Waals surface area (Å²) in [6.45, 7) is 4.98. The fraction of sp³-hybridized carbons (Fsp3) is 0.467. The third-order valence-corrected chi connectivity index (χ3v) is 3.66. The normalized spacial score (nSPS) is 11.2. The summed E-state index contributed by atoms with van der Waals surface area (Å²) in [7, 11) is 0. The van der Waals surface area contributed by atoms with Crippen LogP contribution in [0.15, 0.2) is 18.2 Å². The van der Waals surface area contributed by atoms with Gasteiger partial charge in [0, 0.05) is 5.69 Å². The number of halogens is 1. The van der Waals surface area contributed by atoms with Crippen LogP contribution in [0.2, 0.25) is 0 Å². The van der Waals surface area contributed by atoms with Gasteiger partial charge in [0.05, 0.1) is 6.54 Å². The van der Waals surface area contributed by atoms with Gasteiger partial charge in [0.2, 0.25) is 5.91 Å². The van der Waals surface area contributed by atoms with Gasteiger partial charge in [0.15, 0.2) is 0 Å². The van der Waals surface area contributed by atoms with E-state index in [-0.39, 0.29) is 6.54 Å². The highest BCUT2D eigenvalue weighted by molar-refractivity contribution is 5.92. The predicted molar refractivity (Wildman–Crippen MR) is 78.7 cm³/mol. The van der Waals surface area contributed by atoms with Crippen molar-refractivity contribution in [1.82, 2.24) is 5.32 Å². The van der Waals surface area contributed by atoms with Crippen molar-refractivity contribution in [2.45, 2.75) is 39.2 Å². The summed E-state index contributed by atoms with van der Waals surface area (Å²) < 4.78 is 13.4. The second-order valence-electron chi connectivity index (χ2n) is 4.96. The van der Waals surface area contributed by atoms with Crippen molar-refractivity contribution in [3.05, 3.63) is 29.6 Å². The lowest BCUT2D eigenvalue weighted by molar-refractivity contribution is -0.145. The number of benzene rings is 1. The molecule has 0 bridgehead atoms. The molecule has 0 aliphatic carbocycles. The predicted octanol–water partition coefficient (Wildman–Crippen LogP) is 2.31. The number of rotatable bonds is 7. The van der Waals surface area contributed by atoms with E-state index in [0.717, 1.165) is 0 Å². The highest BCUT2D eigenvalue weighted by Gasteiger charge is 2.34. The number of carbonyl (C=O) groups excluding carboxylic acids is 1. The highest BCUT2D eigenvalue weighted by atomic mass is 19.1. The number of carboxylic acids is 1. The van der Waals surface area contributed by atoms with Crippen LogP contribution < -0.4 is 10.6 Å². The molecule has 0 unspecified atom stereocenters. The maximum absolute atomic E-state index is 13.4. The molecule has 0 saturated carbocycles. The quantitative estimate of drug-likeness (QED) is 0.721. The summed E-state index contributed by atoms with van der Waals surface area (Å²) >= 11 is 0. The molecule has 0 fully saturated rings. The molecule has 0 aliphatic heterocycles. The van der Waals surface area contributed by atoms with Gasteiger partial charge in [0.25, 0.3) is 0 Å². The van der Waals surface area contributed by atoms with Crippen molar-refractivity contribution in [3.8, 4) is 0 Å². The zero-order valence-corrected chi connectivity index (χ0v) is 12.5. The Bertz CT molecular complexity index is 528. The smallest absolute Gasteiger partial charge is 0.323 e. The summed E-state index contributed by atoms with van der Waals surface area (Å²) in [4.78, 5) is 23.1. The first-order valence-corrected chi connectivity index (χ1v) is 6.89.